The summed E-state index contributed by atoms with van der Waals surface area (Å²) in [7, 11) is 0. The number of aromatic hydroxyl groups is 1. The van der Waals surface area contributed by atoms with Gasteiger partial charge in [0, 0.05) is 11.3 Å². The van der Waals surface area contributed by atoms with Crippen molar-refractivity contribution >= 4 is 11.8 Å². The molecular weight excluding hydrogens is 465 g/mol. The fourth-order valence-electron chi connectivity index (χ4n) is 3.14. The zero-order valence-corrected chi connectivity index (χ0v) is 18.2. The van der Waals surface area contributed by atoms with Crippen LogP contribution < -0.4 is 10.1 Å². The molecule has 0 aliphatic heterocycles. The lowest BCUT2D eigenvalue weighted by molar-refractivity contribution is -0.274. The van der Waals surface area contributed by atoms with E-state index in [1.54, 1.807) is 43.3 Å². The molecular formula is C24H19F3N4O4. The lowest BCUT2D eigenvalue weighted by Crippen LogP contribution is -2.17. The van der Waals surface area contributed by atoms with Gasteiger partial charge < -0.3 is 14.6 Å². The van der Waals surface area contributed by atoms with Crippen LogP contribution in [0.3, 0.4) is 0 Å². The number of amides is 1. The molecule has 1 heterocycles. The van der Waals surface area contributed by atoms with Gasteiger partial charge in [0.15, 0.2) is 5.82 Å². The SMILES string of the molecule is CC(OC(=O)Nc1ccc(-c2ncn(-c3ccc(OC(F)(F)F)cc3)n2)cc1)c1ccc(O)cc1. The highest BCUT2D eigenvalue weighted by Gasteiger charge is 2.31. The molecule has 35 heavy (non-hydrogen) atoms. The third-order valence-corrected chi connectivity index (χ3v) is 4.86. The van der Waals surface area contributed by atoms with Crippen LogP contribution in [0.4, 0.5) is 23.7 Å². The molecule has 1 aromatic heterocycles. The summed E-state index contributed by atoms with van der Waals surface area (Å²) in [6.07, 6.45) is -4.48. The smallest absolute Gasteiger partial charge is 0.508 e. The number of carbonyl (C=O) groups is 1. The first-order chi connectivity index (χ1) is 16.7. The van der Waals surface area contributed by atoms with Crippen molar-refractivity contribution in [3.8, 4) is 28.6 Å². The van der Waals surface area contributed by atoms with Gasteiger partial charge in [0.25, 0.3) is 0 Å². The van der Waals surface area contributed by atoms with Crippen molar-refractivity contribution in [2.24, 2.45) is 0 Å². The summed E-state index contributed by atoms with van der Waals surface area (Å²) in [5, 5.41) is 16.3. The van der Waals surface area contributed by atoms with Gasteiger partial charge in [-0.05, 0) is 73.2 Å². The summed E-state index contributed by atoms with van der Waals surface area (Å²) < 4.78 is 47.5. The van der Waals surface area contributed by atoms with Crippen LogP contribution in [-0.2, 0) is 4.74 Å². The number of benzene rings is 3. The zero-order valence-electron chi connectivity index (χ0n) is 18.2. The van der Waals surface area contributed by atoms with Gasteiger partial charge in [-0.3, -0.25) is 5.32 Å². The zero-order chi connectivity index (χ0) is 25.0. The molecule has 1 atom stereocenters. The number of alkyl halides is 3. The Hall–Kier alpha value is -4.54. The number of phenols is 1. The Kier molecular flexibility index (Phi) is 6.58. The Balaban J connectivity index is 1.37. The highest BCUT2D eigenvalue weighted by Crippen LogP contribution is 2.25. The van der Waals surface area contributed by atoms with Gasteiger partial charge >= 0.3 is 12.5 Å². The highest BCUT2D eigenvalue weighted by molar-refractivity contribution is 5.85. The Morgan fingerprint density at radius 2 is 1.66 bits per heavy atom. The summed E-state index contributed by atoms with van der Waals surface area (Å²) in [5.74, 6) is 0.176. The van der Waals surface area contributed by atoms with Crippen molar-refractivity contribution in [1.82, 2.24) is 14.8 Å². The number of halogens is 3. The topological polar surface area (TPSA) is 98.5 Å². The molecule has 4 aromatic rings. The maximum atomic E-state index is 12.3. The highest BCUT2D eigenvalue weighted by atomic mass is 19.4. The van der Waals surface area contributed by atoms with E-state index in [0.717, 1.165) is 5.56 Å². The number of rotatable bonds is 6. The van der Waals surface area contributed by atoms with Gasteiger partial charge in [0.05, 0.1) is 5.69 Å². The molecule has 0 spiro atoms. The van der Waals surface area contributed by atoms with Crippen LogP contribution in [0.15, 0.2) is 79.1 Å². The number of hydrogen-bond donors (Lipinski definition) is 2. The maximum Gasteiger partial charge on any atom is 0.573 e. The average molecular weight is 484 g/mol. The Bertz CT molecular complexity index is 1290. The van der Waals surface area contributed by atoms with Gasteiger partial charge in [-0.1, -0.05) is 12.1 Å². The van der Waals surface area contributed by atoms with Crippen LogP contribution in [-0.4, -0.2) is 32.3 Å². The Labute approximate surface area is 197 Å². The van der Waals surface area contributed by atoms with Crippen LogP contribution in [0.5, 0.6) is 11.5 Å². The minimum absolute atomic E-state index is 0.123. The standard InChI is InChI=1S/C24H19F3N4O4/c1-15(16-4-10-20(32)11-5-16)34-23(33)29-18-6-2-17(3-7-18)22-28-14-31(30-22)19-8-12-21(13-9-19)35-24(25,26)27/h2-15,32H,1H3,(H,29,33). The predicted molar refractivity (Wildman–Crippen MR) is 120 cm³/mol. The van der Waals surface area contributed by atoms with E-state index in [1.807, 2.05) is 0 Å². The molecule has 0 bridgehead atoms. The molecule has 0 saturated heterocycles. The van der Waals surface area contributed by atoms with Crippen molar-refractivity contribution in [2.75, 3.05) is 5.32 Å². The number of ether oxygens (including phenoxy) is 2. The molecule has 1 unspecified atom stereocenters. The second-order valence-corrected chi connectivity index (χ2v) is 7.40. The number of phenolic OH excluding ortho intramolecular Hbond substituents is 1. The second-order valence-electron chi connectivity index (χ2n) is 7.40. The fraction of sp³-hybridized carbons (Fsp3) is 0.125. The van der Waals surface area contributed by atoms with Crippen LogP contribution in [0.2, 0.25) is 0 Å². The largest absolute Gasteiger partial charge is 0.573 e. The van der Waals surface area contributed by atoms with Gasteiger partial charge in [-0.15, -0.1) is 18.3 Å². The molecule has 0 fully saturated rings. The van der Waals surface area contributed by atoms with Gasteiger partial charge in [0.2, 0.25) is 0 Å². The van der Waals surface area contributed by atoms with Gasteiger partial charge in [-0.25, -0.2) is 14.5 Å². The van der Waals surface area contributed by atoms with E-state index in [1.165, 1.54) is 47.4 Å². The van der Waals surface area contributed by atoms with Gasteiger partial charge in [-0.2, -0.15) is 0 Å². The number of carbonyl (C=O) groups excluding carboxylic acids is 1. The van der Waals surface area contributed by atoms with Crippen molar-refractivity contribution in [1.29, 1.82) is 0 Å². The van der Waals surface area contributed by atoms with E-state index < -0.39 is 18.6 Å². The van der Waals surface area contributed by atoms with E-state index in [9.17, 15) is 23.1 Å². The quantitative estimate of drug-likeness (QED) is 0.356. The molecule has 0 radical (unpaired) electrons. The molecule has 0 aliphatic carbocycles. The van der Waals surface area contributed by atoms with Gasteiger partial charge in [0.1, 0.15) is 23.9 Å². The summed E-state index contributed by atoms with van der Waals surface area (Å²) in [5.41, 5.74) is 2.40. The van der Waals surface area contributed by atoms with Crippen LogP contribution in [0.25, 0.3) is 17.1 Å². The van der Waals surface area contributed by atoms with E-state index in [4.69, 9.17) is 4.74 Å². The first-order valence-electron chi connectivity index (χ1n) is 10.3. The lowest BCUT2D eigenvalue weighted by Gasteiger charge is -2.14. The first kappa shape index (κ1) is 23.6. The minimum atomic E-state index is -4.76. The third-order valence-electron chi connectivity index (χ3n) is 4.86. The van der Waals surface area contributed by atoms with Crippen molar-refractivity contribution in [3.63, 3.8) is 0 Å². The number of nitrogens with one attached hydrogen (secondary N) is 1. The first-order valence-corrected chi connectivity index (χ1v) is 10.3. The normalized spacial score (nSPS) is 12.1. The van der Waals surface area contributed by atoms with E-state index in [2.05, 4.69) is 20.1 Å². The summed E-state index contributed by atoms with van der Waals surface area (Å²) in [4.78, 5) is 16.4. The van der Waals surface area contributed by atoms with E-state index in [-0.39, 0.29) is 11.5 Å². The van der Waals surface area contributed by atoms with Crippen molar-refractivity contribution in [3.05, 3.63) is 84.7 Å². The van der Waals surface area contributed by atoms with Crippen molar-refractivity contribution < 1.29 is 32.5 Å². The molecule has 1 amide bonds. The summed E-state index contributed by atoms with van der Waals surface area (Å²) in [6.45, 7) is 1.72. The van der Waals surface area contributed by atoms with Crippen LogP contribution in [0.1, 0.15) is 18.6 Å². The molecule has 0 saturated carbocycles. The summed E-state index contributed by atoms with van der Waals surface area (Å²) >= 11 is 0. The molecule has 180 valence electrons. The maximum absolute atomic E-state index is 12.3. The molecule has 4 rings (SSSR count). The number of hydrogen-bond acceptors (Lipinski definition) is 6. The predicted octanol–water partition coefficient (Wildman–Crippen LogP) is 5.85. The number of anilines is 1. The summed E-state index contributed by atoms with van der Waals surface area (Å²) in [6, 6.07) is 18.3. The Morgan fingerprint density at radius 3 is 2.29 bits per heavy atom. The fourth-order valence-corrected chi connectivity index (χ4v) is 3.14. The Morgan fingerprint density at radius 1 is 1.00 bits per heavy atom. The van der Waals surface area contributed by atoms with Crippen LogP contribution in [0, 0.1) is 0 Å². The minimum Gasteiger partial charge on any atom is -0.508 e. The second kappa shape index (κ2) is 9.75. The van der Waals surface area contributed by atoms with E-state index >= 15 is 0 Å². The molecule has 2 N–H and O–H groups in total. The number of aromatic nitrogens is 3. The monoisotopic (exact) mass is 484 g/mol. The average Bonchev–Trinajstić information content (AvgIpc) is 3.29. The van der Waals surface area contributed by atoms with Crippen molar-refractivity contribution in [2.45, 2.75) is 19.4 Å². The molecule has 8 nitrogen and oxygen atoms in total. The molecule has 0 aliphatic rings. The molecule has 3 aromatic carbocycles. The van der Waals surface area contributed by atoms with Crippen LogP contribution >= 0.6 is 0 Å². The third kappa shape index (κ3) is 6.28. The lowest BCUT2D eigenvalue weighted by atomic mass is 10.1. The van der Waals surface area contributed by atoms with E-state index in [0.29, 0.717) is 22.8 Å². The molecule has 11 heteroatoms. The number of nitrogens with zero attached hydrogens (tertiary/aromatic N) is 3.